The van der Waals surface area contributed by atoms with Gasteiger partial charge in [0.25, 0.3) is 0 Å². The topological polar surface area (TPSA) is 50.8 Å². The van der Waals surface area contributed by atoms with Crippen molar-refractivity contribution >= 4 is 11.9 Å². The van der Waals surface area contributed by atoms with Crippen LogP contribution in [-0.4, -0.2) is 25.9 Å². The minimum atomic E-state index is 0.632. The summed E-state index contributed by atoms with van der Waals surface area (Å²) in [4.78, 5) is 2.27. The molecule has 0 heterocycles. The number of hydrogen-bond acceptors (Lipinski definition) is 4. The van der Waals surface area contributed by atoms with Crippen LogP contribution in [0.3, 0.4) is 0 Å². The van der Waals surface area contributed by atoms with Gasteiger partial charge in [0.15, 0.2) is 0 Å². The fourth-order valence-corrected chi connectivity index (χ4v) is 1.78. The van der Waals surface area contributed by atoms with Crippen LogP contribution in [0.2, 0.25) is 0 Å². The summed E-state index contributed by atoms with van der Waals surface area (Å²) in [5.41, 5.74) is 2.07. The molecule has 0 amide bonds. The number of anilines is 1. The highest BCUT2D eigenvalue weighted by Gasteiger charge is 2.07. The number of hydrazone groups is 1. The molecule has 0 saturated carbocycles. The second-order valence-electron chi connectivity index (χ2n) is 3.61. The molecular weight excluding hydrogens is 214 g/mol. The molecule has 0 spiro atoms. The molecule has 2 N–H and O–H groups in total. The molecule has 0 saturated heterocycles. The molecule has 1 rings (SSSR count). The Labute approximate surface area is 103 Å². The maximum atomic E-state index is 5.60. The fraction of sp³-hybridized carbons (Fsp3) is 0.462. The van der Waals surface area contributed by atoms with Gasteiger partial charge in [-0.25, -0.2) is 0 Å². The Balaban J connectivity index is 3.07. The van der Waals surface area contributed by atoms with Crippen LogP contribution in [-0.2, 0) is 0 Å². The van der Waals surface area contributed by atoms with Crippen LogP contribution in [0.1, 0.15) is 26.3 Å². The second-order valence-corrected chi connectivity index (χ2v) is 3.61. The van der Waals surface area contributed by atoms with E-state index in [0.717, 1.165) is 30.1 Å². The quantitative estimate of drug-likeness (QED) is 0.467. The third kappa shape index (κ3) is 3.37. The normalized spacial score (nSPS) is 10.8. The first-order valence-electron chi connectivity index (χ1n) is 6.01. The Bertz CT molecular complexity index is 373. The summed E-state index contributed by atoms with van der Waals surface area (Å²) in [7, 11) is 0. The van der Waals surface area contributed by atoms with Gasteiger partial charge < -0.3 is 15.5 Å². The Kier molecular flexibility index (Phi) is 5.33. The van der Waals surface area contributed by atoms with E-state index in [4.69, 9.17) is 10.6 Å². The molecule has 0 aliphatic carbocycles. The molecule has 94 valence electrons. The zero-order valence-corrected chi connectivity index (χ0v) is 10.8. The Morgan fingerprint density at radius 2 is 2.00 bits per heavy atom. The van der Waals surface area contributed by atoms with Crippen molar-refractivity contribution in [2.24, 2.45) is 10.9 Å². The molecule has 17 heavy (non-hydrogen) atoms. The van der Waals surface area contributed by atoms with Crippen LogP contribution >= 0.6 is 0 Å². The first kappa shape index (κ1) is 13.4. The van der Waals surface area contributed by atoms with Gasteiger partial charge in [0.2, 0.25) is 0 Å². The average Bonchev–Trinajstić information content (AvgIpc) is 2.34. The van der Waals surface area contributed by atoms with Crippen molar-refractivity contribution in [3.8, 4) is 5.75 Å². The summed E-state index contributed by atoms with van der Waals surface area (Å²) in [6, 6.07) is 6.08. The lowest BCUT2D eigenvalue weighted by molar-refractivity contribution is 0.340. The first-order valence-corrected chi connectivity index (χ1v) is 6.01. The van der Waals surface area contributed by atoms with Crippen molar-refractivity contribution in [2.45, 2.75) is 20.8 Å². The number of hydrogen-bond donors (Lipinski definition) is 1. The van der Waals surface area contributed by atoms with Gasteiger partial charge in [-0.15, -0.1) is 0 Å². The van der Waals surface area contributed by atoms with Gasteiger partial charge in [0, 0.05) is 30.4 Å². The highest BCUT2D eigenvalue weighted by Crippen LogP contribution is 2.24. The summed E-state index contributed by atoms with van der Waals surface area (Å²) >= 11 is 0. The third-order valence-corrected chi connectivity index (χ3v) is 2.64. The summed E-state index contributed by atoms with van der Waals surface area (Å²) < 4.78 is 5.60. The first-order chi connectivity index (χ1) is 8.26. The van der Waals surface area contributed by atoms with Crippen molar-refractivity contribution in [1.29, 1.82) is 0 Å². The van der Waals surface area contributed by atoms with Gasteiger partial charge in [0.1, 0.15) is 5.75 Å². The van der Waals surface area contributed by atoms with E-state index in [1.807, 2.05) is 19.1 Å². The SMILES string of the molecule is CCOc1cc(N(CC)CC)ccc1C=NN. The molecule has 0 aliphatic rings. The zero-order chi connectivity index (χ0) is 12.7. The molecule has 4 heteroatoms. The van der Waals surface area contributed by atoms with Crippen molar-refractivity contribution in [2.75, 3.05) is 24.6 Å². The summed E-state index contributed by atoms with van der Waals surface area (Å²) in [5.74, 6) is 6.00. The molecule has 0 aliphatic heterocycles. The molecule has 0 atom stereocenters. The lowest BCUT2D eigenvalue weighted by Gasteiger charge is -2.22. The van der Waals surface area contributed by atoms with Crippen LogP contribution in [0.25, 0.3) is 0 Å². The van der Waals surface area contributed by atoms with Crippen LogP contribution in [0.4, 0.5) is 5.69 Å². The number of nitrogens with zero attached hydrogens (tertiary/aromatic N) is 2. The molecular formula is C13H21N3O. The maximum Gasteiger partial charge on any atom is 0.130 e. The zero-order valence-electron chi connectivity index (χ0n) is 10.8. The number of rotatable bonds is 6. The Morgan fingerprint density at radius 1 is 1.29 bits per heavy atom. The predicted molar refractivity (Wildman–Crippen MR) is 73.0 cm³/mol. The van der Waals surface area contributed by atoms with Gasteiger partial charge in [-0.3, -0.25) is 0 Å². The smallest absolute Gasteiger partial charge is 0.130 e. The number of benzene rings is 1. The summed E-state index contributed by atoms with van der Waals surface area (Å²) in [5, 5.41) is 3.55. The van der Waals surface area contributed by atoms with Gasteiger partial charge in [0.05, 0.1) is 12.8 Å². The molecule has 4 nitrogen and oxygen atoms in total. The van der Waals surface area contributed by atoms with E-state index in [1.165, 1.54) is 0 Å². The Hall–Kier alpha value is -1.71. The van der Waals surface area contributed by atoms with E-state index in [-0.39, 0.29) is 0 Å². The lowest BCUT2D eigenvalue weighted by Crippen LogP contribution is -2.21. The van der Waals surface area contributed by atoms with E-state index < -0.39 is 0 Å². The largest absolute Gasteiger partial charge is 0.493 e. The summed E-state index contributed by atoms with van der Waals surface area (Å²) in [6.07, 6.45) is 1.61. The lowest BCUT2D eigenvalue weighted by atomic mass is 10.2. The van der Waals surface area contributed by atoms with Crippen LogP contribution in [0, 0.1) is 0 Å². The van der Waals surface area contributed by atoms with E-state index in [0.29, 0.717) is 6.61 Å². The fourth-order valence-electron chi connectivity index (χ4n) is 1.78. The highest BCUT2D eigenvalue weighted by molar-refractivity contribution is 5.84. The Morgan fingerprint density at radius 3 is 2.53 bits per heavy atom. The van der Waals surface area contributed by atoms with E-state index >= 15 is 0 Å². The van der Waals surface area contributed by atoms with Crippen LogP contribution in [0.5, 0.6) is 5.75 Å². The number of nitrogens with two attached hydrogens (primary N) is 1. The minimum Gasteiger partial charge on any atom is -0.493 e. The van der Waals surface area contributed by atoms with Crippen molar-refractivity contribution < 1.29 is 4.74 Å². The molecule has 0 unspecified atom stereocenters. The number of ether oxygens (including phenoxy) is 1. The standard InChI is InChI=1S/C13H21N3O/c1-4-16(5-2)12-8-7-11(10-15-14)13(9-12)17-6-3/h7-10H,4-6,14H2,1-3H3. The molecule has 1 aromatic rings. The van der Waals surface area contributed by atoms with Crippen LogP contribution < -0.4 is 15.5 Å². The van der Waals surface area contributed by atoms with Gasteiger partial charge >= 0.3 is 0 Å². The van der Waals surface area contributed by atoms with E-state index in [1.54, 1.807) is 6.21 Å². The third-order valence-electron chi connectivity index (χ3n) is 2.64. The molecule has 0 fully saturated rings. The molecule has 0 radical (unpaired) electrons. The molecule has 1 aromatic carbocycles. The predicted octanol–water partition coefficient (Wildman–Crippen LogP) is 2.22. The average molecular weight is 235 g/mol. The van der Waals surface area contributed by atoms with Gasteiger partial charge in [-0.1, -0.05) is 0 Å². The van der Waals surface area contributed by atoms with Crippen molar-refractivity contribution in [3.63, 3.8) is 0 Å². The van der Waals surface area contributed by atoms with E-state index in [2.05, 4.69) is 29.9 Å². The van der Waals surface area contributed by atoms with Crippen molar-refractivity contribution in [1.82, 2.24) is 0 Å². The maximum absolute atomic E-state index is 5.60. The second kappa shape index (κ2) is 6.78. The summed E-state index contributed by atoms with van der Waals surface area (Å²) in [6.45, 7) is 8.83. The van der Waals surface area contributed by atoms with Gasteiger partial charge in [-0.2, -0.15) is 5.10 Å². The molecule has 0 aromatic heterocycles. The monoisotopic (exact) mass is 235 g/mol. The van der Waals surface area contributed by atoms with Gasteiger partial charge in [-0.05, 0) is 32.9 Å². The molecule has 0 bridgehead atoms. The minimum absolute atomic E-state index is 0.632. The highest BCUT2D eigenvalue weighted by atomic mass is 16.5. The van der Waals surface area contributed by atoms with E-state index in [9.17, 15) is 0 Å². The van der Waals surface area contributed by atoms with Crippen LogP contribution in [0.15, 0.2) is 23.3 Å². The van der Waals surface area contributed by atoms with Crippen molar-refractivity contribution in [3.05, 3.63) is 23.8 Å².